The molecule has 0 fully saturated rings. The molecule has 3 heteroatoms. The molecular weight excluding hydrogens is 228 g/mol. The Morgan fingerprint density at radius 3 is 2.94 bits per heavy atom. The van der Waals surface area contributed by atoms with Gasteiger partial charge in [-0.1, -0.05) is 24.3 Å². The maximum Gasteiger partial charge on any atom is 0.133 e. The molecule has 0 saturated heterocycles. The summed E-state index contributed by atoms with van der Waals surface area (Å²) in [6, 6.07) is 10.4. The molecule has 1 aromatic carbocycles. The van der Waals surface area contributed by atoms with Crippen LogP contribution in [0.2, 0.25) is 0 Å². The average molecular weight is 246 g/mol. The van der Waals surface area contributed by atoms with Crippen molar-refractivity contribution < 1.29 is 0 Å². The number of pyridine rings is 1. The Balaban J connectivity index is 1.98. The summed E-state index contributed by atoms with van der Waals surface area (Å²) in [7, 11) is 0. The third kappa shape index (κ3) is 3.37. The summed E-state index contributed by atoms with van der Waals surface area (Å²) in [5, 5.41) is 5.88. The molecule has 0 saturated carbocycles. The lowest BCUT2D eigenvalue weighted by atomic mass is 10.1. The number of fused-ring (bicyclic) bond motifs is 1. The minimum absolute atomic E-state index is 1.00. The van der Waals surface area contributed by atoms with Crippen LogP contribution in [0, 0.1) is 0 Å². The third-order valence-corrected chi connectivity index (χ3v) is 3.44. The highest BCUT2D eigenvalue weighted by Crippen LogP contribution is 2.20. The summed E-state index contributed by atoms with van der Waals surface area (Å²) >= 11 is 1.91. The monoisotopic (exact) mass is 246 g/mol. The smallest absolute Gasteiger partial charge is 0.133 e. The SMILES string of the molecule is CSCCCCNc1nccc2ccccc12. The number of hydrogen-bond donors (Lipinski definition) is 1. The summed E-state index contributed by atoms with van der Waals surface area (Å²) in [6.45, 7) is 1.00. The zero-order chi connectivity index (χ0) is 11.9. The van der Waals surface area contributed by atoms with Crippen LogP contribution < -0.4 is 5.32 Å². The van der Waals surface area contributed by atoms with E-state index < -0.39 is 0 Å². The van der Waals surface area contributed by atoms with Crippen molar-refractivity contribution in [3.63, 3.8) is 0 Å². The van der Waals surface area contributed by atoms with E-state index in [0.29, 0.717) is 0 Å². The number of nitrogens with one attached hydrogen (secondary N) is 1. The second-order valence-corrected chi connectivity index (χ2v) is 4.99. The first-order chi connectivity index (χ1) is 8.42. The van der Waals surface area contributed by atoms with E-state index >= 15 is 0 Å². The van der Waals surface area contributed by atoms with Crippen molar-refractivity contribution in [2.75, 3.05) is 23.9 Å². The lowest BCUT2D eigenvalue weighted by molar-refractivity contribution is 0.841. The second-order valence-electron chi connectivity index (χ2n) is 4.01. The lowest BCUT2D eigenvalue weighted by Gasteiger charge is -2.08. The van der Waals surface area contributed by atoms with E-state index in [4.69, 9.17) is 0 Å². The van der Waals surface area contributed by atoms with Crippen LogP contribution in [-0.4, -0.2) is 23.5 Å². The fourth-order valence-electron chi connectivity index (χ4n) is 1.84. The van der Waals surface area contributed by atoms with Crippen LogP contribution in [0.1, 0.15) is 12.8 Å². The number of hydrogen-bond acceptors (Lipinski definition) is 3. The van der Waals surface area contributed by atoms with Gasteiger partial charge in [0, 0.05) is 18.1 Å². The molecule has 0 aliphatic heterocycles. The largest absolute Gasteiger partial charge is 0.370 e. The molecular formula is C14H18N2S. The van der Waals surface area contributed by atoms with Gasteiger partial charge in [0.2, 0.25) is 0 Å². The van der Waals surface area contributed by atoms with E-state index in [1.807, 2.05) is 24.0 Å². The maximum atomic E-state index is 4.41. The predicted molar refractivity (Wildman–Crippen MR) is 77.8 cm³/mol. The minimum Gasteiger partial charge on any atom is -0.370 e. The molecule has 0 amide bonds. The summed E-state index contributed by atoms with van der Waals surface area (Å²) in [5.74, 6) is 2.25. The molecule has 90 valence electrons. The molecule has 2 aromatic rings. The highest BCUT2D eigenvalue weighted by Gasteiger charge is 2.00. The van der Waals surface area contributed by atoms with Crippen molar-refractivity contribution in [3.05, 3.63) is 36.5 Å². The van der Waals surface area contributed by atoms with Gasteiger partial charge in [-0.3, -0.25) is 0 Å². The Bertz CT molecular complexity index is 465. The fraction of sp³-hybridized carbons (Fsp3) is 0.357. The molecule has 0 radical (unpaired) electrons. The number of benzene rings is 1. The van der Waals surface area contributed by atoms with Gasteiger partial charge in [0.05, 0.1) is 0 Å². The zero-order valence-corrected chi connectivity index (χ0v) is 11.0. The van der Waals surface area contributed by atoms with Crippen LogP contribution >= 0.6 is 11.8 Å². The van der Waals surface area contributed by atoms with E-state index in [9.17, 15) is 0 Å². The Labute approximate surface area is 107 Å². The van der Waals surface area contributed by atoms with E-state index in [1.165, 1.54) is 29.4 Å². The number of unbranched alkanes of at least 4 members (excludes halogenated alkanes) is 1. The van der Waals surface area contributed by atoms with Gasteiger partial charge in [-0.15, -0.1) is 0 Å². The summed E-state index contributed by atoms with van der Waals surface area (Å²) in [4.78, 5) is 4.41. The first-order valence-corrected chi connectivity index (χ1v) is 7.38. The quantitative estimate of drug-likeness (QED) is 0.785. The van der Waals surface area contributed by atoms with E-state index in [0.717, 1.165) is 12.4 Å². The first kappa shape index (κ1) is 12.2. The molecule has 0 atom stereocenters. The van der Waals surface area contributed by atoms with Gasteiger partial charge in [-0.05, 0) is 36.3 Å². The fourth-order valence-corrected chi connectivity index (χ4v) is 2.33. The standard InChI is InChI=1S/C14H18N2S/c1-17-11-5-4-9-15-14-13-7-3-2-6-12(13)8-10-16-14/h2-3,6-8,10H,4-5,9,11H2,1H3,(H,15,16). The molecule has 2 rings (SSSR count). The number of nitrogens with zero attached hydrogens (tertiary/aromatic N) is 1. The molecule has 1 heterocycles. The van der Waals surface area contributed by atoms with E-state index in [2.05, 4.69) is 40.8 Å². The van der Waals surface area contributed by atoms with Crippen molar-refractivity contribution in [2.24, 2.45) is 0 Å². The van der Waals surface area contributed by atoms with E-state index in [1.54, 1.807) is 0 Å². The molecule has 0 unspecified atom stereocenters. The van der Waals surface area contributed by atoms with Gasteiger partial charge in [0.25, 0.3) is 0 Å². The molecule has 2 nitrogen and oxygen atoms in total. The van der Waals surface area contributed by atoms with Crippen LogP contribution in [0.15, 0.2) is 36.5 Å². The normalized spacial score (nSPS) is 10.6. The van der Waals surface area contributed by atoms with Gasteiger partial charge in [-0.2, -0.15) is 11.8 Å². The molecule has 1 N–H and O–H groups in total. The lowest BCUT2D eigenvalue weighted by Crippen LogP contribution is -2.04. The van der Waals surface area contributed by atoms with Gasteiger partial charge >= 0.3 is 0 Å². The number of thioether (sulfide) groups is 1. The Kier molecular flexibility index (Phi) is 4.68. The summed E-state index contributed by atoms with van der Waals surface area (Å²) in [5.41, 5.74) is 0. The number of anilines is 1. The number of aromatic nitrogens is 1. The maximum absolute atomic E-state index is 4.41. The van der Waals surface area contributed by atoms with Gasteiger partial charge in [0.1, 0.15) is 5.82 Å². The van der Waals surface area contributed by atoms with Gasteiger partial charge in [-0.25, -0.2) is 4.98 Å². The average Bonchev–Trinajstić information content (AvgIpc) is 2.39. The van der Waals surface area contributed by atoms with Crippen LogP contribution in [0.5, 0.6) is 0 Å². The van der Waals surface area contributed by atoms with Crippen molar-refractivity contribution >= 4 is 28.4 Å². The Morgan fingerprint density at radius 1 is 1.18 bits per heavy atom. The molecule has 0 bridgehead atoms. The first-order valence-electron chi connectivity index (χ1n) is 5.98. The van der Waals surface area contributed by atoms with Crippen molar-refractivity contribution in [2.45, 2.75) is 12.8 Å². The van der Waals surface area contributed by atoms with E-state index in [-0.39, 0.29) is 0 Å². The summed E-state index contributed by atoms with van der Waals surface area (Å²) < 4.78 is 0. The molecule has 17 heavy (non-hydrogen) atoms. The topological polar surface area (TPSA) is 24.9 Å². The van der Waals surface area contributed by atoms with Gasteiger partial charge < -0.3 is 5.32 Å². The van der Waals surface area contributed by atoms with Crippen LogP contribution in [0.3, 0.4) is 0 Å². The van der Waals surface area contributed by atoms with Crippen LogP contribution in [0.25, 0.3) is 10.8 Å². The Hall–Kier alpha value is -1.22. The minimum atomic E-state index is 1.00. The molecule has 1 aromatic heterocycles. The Morgan fingerprint density at radius 2 is 2.06 bits per heavy atom. The molecule has 0 aliphatic carbocycles. The third-order valence-electron chi connectivity index (χ3n) is 2.74. The van der Waals surface area contributed by atoms with Crippen molar-refractivity contribution in [1.29, 1.82) is 0 Å². The molecule has 0 spiro atoms. The highest BCUT2D eigenvalue weighted by molar-refractivity contribution is 7.98. The second kappa shape index (κ2) is 6.50. The zero-order valence-electron chi connectivity index (χ0n) is 10.1. The van der Waals surface area contributed by atoms with Crippen LogP contribution in [-0.2, 0) is 0 Å². The highest BCUT2D eigenvalue weighted by atomic mass is 32.2. The van der Waals surface area contributed by atoms with Crippen molar-refractivity contribution in [3.8, 4) is 0 Å². The predicted octanol–water partition coefficient (Wildman–Crippen LogP) is 3.79. The molecule has 0 aliphatic rings. The van der Waals surface area contributed by atoms with Crippen molar-refractivity contribution in [1.82, 2.24) is 4.98 Å². The summed E-state index contributed by atoms with van der Waals surface area (Å²) in [6.07, 6.45) is 6.48. The number of rotatable bonds is 6. The van der Waals surface area contributed by atoms with Gasteiger partial charge in [0.15, 0.2) is 0 Å². The van der Waals surface area contributed by atoms with Crippen LogP contribution in [0.4, 0.5) is 5.82 Å².